The maximum atomic E-state index is 12.0. The zero-order valence-electron chi connectivity index (χ0n) is 10.4. The van der Waals surface area contributed by atoms with Crippen molar-refractivity contribution in [2.75, 3.05) is 0 Å². The molecule has 0 spiro atoms. The predicted molar refractivity (Wildman–Crippen MR) is 70.3 cm³/mol. The Bertz CT molecular complexity index is 670. The van der Waals surface area contributed by atoms with Gasteiger partial charge in [0.05, 0.1) is 17.2 Å². The molecule has 1 amide bonds. The number of aromatic nitrogens is 3. The number of pyridine rings is 1. The second kappa shape index (κ2) is 5.66. The Morgan fingerprint density at radius 3 is 2.95 bits per heavy atom. The van der Waals surface area contributed by atoms with Gasteiger partial charge < -0.3 is 5.32 Å². The molecule has 104 valence electrons. The molecule has 0 aliphatic rings. The third kappa shape index (κ3) is 3.09. The average Bonchev–Trinajstić information content (AvgIpc) is 2.81. The number of amides is 1. The Labute approximate surface area is 118 Å². The topological polar surface area (TPSA) is 103 Å². The highest BCUT2D eigenvalue weighted by atomic mass is 35.5. The number of halogens is 1. The SMILES string of the molecule is Cn1ccc(CNC(=O)c2cc(Cl)ncc2[N+](=O)[O-])n1. The molecular formula is C11H10ClN5O3. The van der Waals surface area contributed by atoms with Crippen LogP contribution in [0.5, 0.6) is 0 Å². The molecule has 20 heavy (non-hydrogen) atoms. The first kappa shape index (κ1) is 13.9. The van der Waals surface area contributed by atoms with E-state index >= 15 is 0 Å². The summed E-state index contributed by atoms with van der Waals surface area (Å²) in [5, 5.41) is 17.5. The molecule has 2 rings (SSSR count). The Morgan fingerprint density at radius 1 is 1.60 bits per heavy atom. The minimum absolute atomic E-state index is 0.0126. The van der Waals surface area contributed by atoms with Crippen molar-refractivity contribution in [2.45, 2.75) is 6.54 Å². The van der Waals surface area contributed by atoms with E-state index in [4.69, 9.17) is 11.6 Å². The van der Waals surface area contributed by atoms with Crippen LogP contribution in [0, 0.1) is 10.1 Å². The molecule has 0 saturated carbocycles. The number of carbonyl (C=O) groups excluding carboxylic acids is 1. The summed E-state index contributed by atoms with van der Waals surface area (Å²) in [4.78, 5) is 25.7. The number of nitrogens with zero attached hydrogens (tertiary/aromatic N) is 4. The highest BCUT2D eigenvalue weighted by molar-refractivity contribution is 6.29. The van der Waals surface area contributed by atoms with E-state index in [9.17, 15) is 14.9 Å². The van der Waals surface area contributed by atoms with Crippen molar-refractivity contribution in [1.29, 1.82) is 0 Å². The molecule has 0 saturated heterocycles. The molecule has 0 bridgehead atoms. The molecule has 0 aliphatic carbocycles. The summed E-state index contributed by atoms with van der Waals surface area (Å²) in [6.45, 7) is 0.163. The van der Waals surface area contributed by atoms with Gasteiger partial charge in [0.2, 0.25) is 0 Å². The summed E-state index contributed by atoms with van der Waals surface area (Å²) in [5.74, 6) is -0.605. The molecule has 0 atom stereocenters. The van der Waals surface area contributed by atoms with Gasteiger partial charge >= 0.3 is 0 Å². The van der Waals surface area contributed by atoms with Gasteiger partial charge in [-0.15, -0.1) is 0 Å². The average molecular weight is 296 g/mol. The minimum Gasteiger partial charge on any atom is -0.346 e. The molecule has 0 aromatic carbocycles. The lowest BCUT2D eigenvalue weighted by atomic mass is 10.2. The molecule has 0 unspecified atom stereocenters. The highest BCUT2D eigenvalue weighted by Gasteiger charge is 2.21. The van der Waals surface area contributed by atoms with E-state index in [0.29, 0.717) is 5.69 Å². The van der Waals surface area contributed by atoms with Crippen LogP contribution in [0.2, 0.25) is 5.15 Å². The van der Waals surface area contributed by atoms with Crippen molar-refractivity contribution in [3.8, 4) is 0 Å². The lowest BCUT2D eigenvalue weighted by Gasteiger charge is -2.04. The van der Waals surface area contributed by atoms with Crippen molar-refractivity contribution in [3.63, 3.8) is 0 Å². The van der Waals surface area contributed by atoms with Crippen molar-refractivity contribution >= 4 is 23.2 Å². The molecule has 9 heteroatoms. The van der Waals surface area contributed by atoms with E-state index in [2.05, 4.69) is 15.4 Å². The number of carbonyl (C=O) groups is 1. The number of nitrogens with one attached hydrogen (secondary N) is 1. The molecular weight excluding hydrogens is 286 g/mol. The van der Waals surface area contributed by atoms with Crippen LogP contribution in [0.3, 0.4) is 0 Å². The first-order chi connectivity index (χ1) is 9.47. The lowest BCUT2D eigenvalue weighted by molar-refractivity contribution is -0.385. The van der Waals surface area contributed by atoms with Gasteiger partial charge in [-0.05, 0) is 12.1 Å². The normalized spacial score (nSPS) is 10.3. The van der Waals surface area contributed by atoms with Crippen molar-refractivity contribution in [2.24, 2.45) is 7.05 Å². The van der Waals surface area contributed by atoms with Gasteiger partial charge in [-0.1, -0.05) is 11.6 Å². The Balaban J connectivity index is 2.16. The molecule has 1 N–H and O–H groups in total. The minimum atomic E-state index is -0.682. The summed E-state index contributed by atoms with van der Waals surface area (Å²) in [5.41, 5.74) is 0.113. The fourth-order valence-electron chi connectivity index (χ4n) is 1.57. The number of nitro groups is 1. The van der Waals surface area contributed by atoms with Crippen LogP contribution in [-0.4, -0.2) is 25.6 Å². The molecule has 0 fully saturated rings. The first-order valence-corrected chi connectivity index (χ1v) is 5.92. The molecule has 0 radical (unpaired) electrons. The van der Waals surface area contributed by atoms with Crippen LogP contribution in [0.25, 0.3) is 0 Å². The second-order valence-electron chi connectivity index (χ2n) is 3.94. The Kier molecular flexibility index (Phi) is 3.94. The molecule has 0 aliphatic heterocycles. The summed E-state index contributed by atoms with van der Waals surface area (Å²) in [7, 11) is 1.75. The van der Waals surface area contributed by atoms with Crippen LogP contribution >= 0.6 is 11.6 Å². The Morgan fingerprint density at radius 2 is 2.35 bits per heavy atom. The van der Waals surface area contributed by atoms with Gasteiger partial charge in [0.1, 0.15) is 16.9 Å². The van der Waals surface area contributed by atoms with Crippen LogP contribution in [0.4, 0.5) is 5.69 Å². The third-order valence-corrected chi connectivity index (χ3v) is 2.70. The van der Waals surface area contributed by atoms with E-state index in [-0.39, 0.29) is 17.3 Å². The molecule has 8 nitrogen and oxygen atoms in total. The van der Waals surface area contributed by atoms with Crippen LogP contribution < -0.4 is 5.32 Å². The number of rotatable bonds is 4. The van der Waals surface area contributed by atoms with Crippen molar-refractivity contribution in [1.82, 2.24) is 20.1 Å². The van der Waals surface area contributed by atoms with Gasteiger partial charge in [-0.25, -0.2) is 4.98 Å². The molecule has 2 aromatic heterocycles. The number of aryl methyl sites for hydroxylation is 1. The van der Waals surface area contributed by atoms with E-state index in [1.807, 2.05) is 0 Å². The fraction of sp³-hybridized carbons (Fsp3) is 0.182. The zero-order valence-corrected chi connectivity index (χ0v) is 11.2. The molecule has 2 heterocycles. The van der Waals surface area contributed by atoms with E-state index in [1.54, 1.807) is 24.0 Å². The standard InChI is InChI=1S/C11H10ClN5O3/c1-16-3-2-7(15-16)5-14-11(18)8-4-10(12)13-6-9(8)17(19)20/h2-4,6H,5H2,1H3,(H,14,18). The largest absolute Gasteiger partial charge is 0.346 e. The van der Waals surface area contributed by atoms with E-state index < -0.39 is 16.5 Å². The van der Waals surface area contributed by atoms with Crippen molar-refractivity contribution in [3.05, 3.63) is 51.1 Å². The summed E-state index contributed by atoms with van der Waals surface area (Å²) in [6.07, 6.45) is 2.69. The summed E-state index contributed by atoms with van der Waals surface area (Å²) >= 11 is 5.66. The quantitative estimate of drug-likeness (QED) is 0.520. The summed E-state index contributed by atoms with van der Waals surface area (Å²) in [6, 6.07) is 2.89. The van der Waals surface area contributed by atoms with Gasteiger partial charge in [0.15, 0.2) is 0 Å². The fourth-order valence-corrected chi connectivity index (χ4v) is 1.73. The maximum absolute atomic E-state index is 12.0. The third-order valence-electron chi connectivity index (χ3n) is 2.49. The van der Waals surface area contributed by atoms with Crippen LogP contribution in [-0.2, 0) is 13.6 Å². The second-order valence-corrected chi connectivity index (χ2v) is 4.33. The smallest absolute Gasteiger partial charge is 0.300 e. The predicted octanol–water partition coefficient (Wildman–Crippen LogP) is 1.31. The number of hydrogen-bond donors (Lipinski definition) is 1. The lowest BCUT2D eigenvalue weighted by Crippen LogP contribution is -2.24. The summed E-state index contributed by atoms with van der Waals surface area (Å²) < 4.78 is 1.59. The molecule has 2 aromatic rings. The van der Waals surface area contributed by atoms with Crippen LogP contribution in [0.1, 0.15) is 16.1 Å². The van der Waals surface area contributed by atoms with Crippen molar-refractivity contribution < 1.29 is 9.72 Å². The zero-order chi connectivity index (χ0) is 14.7. The Hall–Kier alpha value is -2.48. The highest BCUT2D eigenvalue weighted by Crippen LogP contribution is 2.20. The van der Waals surface area contributed by atoms with Gasteiger partial charge in [-0.2, -0.15) is 5.10 Å². The maximum Gasteiger partial charge on any atom is 0.300 e. The monoisotopic (exact) mass is 295 g/mol. The van der Waals surface area contributed by atoms with E-state index in [1.165, 1.54) is 0 Å². The first-order valence-electron chi connectivity index (χ1n) is 5.54. The van der Waals surface area contributed by atoms with Gasteiger partial charge in [-0.3, -0.25) is 19.6 Å². The van der Waals surface area contributed by atoms with Gasteiger partial charge in [0, 0.05) is 13.2 Å². The van der Waals surface area contributed by atoms with Crippen LogP contribution in [0.15, 0.2) is 24.5 Å². The van der Waals surface area contributed by atoms with E-state index in [0.717, 1.165) is 12.3 Å². The van der Waals surface area contributed by atoms with Gasteiger partial charge in [0.25, 0.3) is 11.6 Å². The number of hydrogen-bond acceptors (Lipinski definition) is 5.